The third kappa shape index (κ3) is 2.48. The van der Waals surface area contributed by atoms with Crippen LogP contribution >= 0.6 is 0 Å². The van der Waals surface area contributed by atoms with E-state index in [9.17, 15) is 0 Å². The van der Waals surface area contributed by atoms with Crippen molar-refractivity contribution < 1.29 is 18.7 Å². The van der Waals surface area contributed by atoms with Gasteiger partial charge in [0.1, 0.15) is 0 Å². The molecule has 2 N–H and O–H groups in total. The van der Waals surface area contributed by atoms with Gasteiger partial charge in [0.2, 0.25) is 0 Å². The van der Waals surface area contributed by atoms with Crippen LogP contribution in [0.1, 0.15) is 5.56 Å². The van der Waals surface area contributed by atoms with E-state index in [1.54, 1.807) is 27.4 Å². The van der Waals surface area contributed by atoms with Gasteiger partial charge in [-0.2, -0.15) is 0 Å². The van der Waals surface area contributed by atoms with Crippen LogP contribution in [0.2, 0.25) is 0 Å². The molecule has 0 aliphatic rings. The number of methoxy groups -OCH3 is 3. The van der Waals surface area contributed by atoms with E-state index in [4.69, 9.17) is 24.5 Å². The Hall–Kier alpha value is -2.21. The van der Waals surface area contributed by atoms with Gasteiger partial charge < -0.3 is 24.5 Å². The molecule has 0 radical (unpaired) electrons. The van der Waals surface area contributed by atoms with Crippen LogP contribution in [0.3, 0.4) is 0 Å². The Kier molecular flexibility index (Phi) is 3.91. The number of aromatic nitrogens is 1. The number of hydrogen-bond acceptors (Lipinski definition) is 6. The number of nitrogens with two attached hydrogens (primary N) is 1. The molecule has 0 unspecified atom stereocenters. The first kappa shape index (κ1) is 13.2. The lowest BCUT2D eigenvalue weighted by atomic mass is 10.0. The van der Waals surface area contributed by atoms with E-state index in [2.05, 4.69) is 5.16 Å². The van der Waals surface area contributed by atoms with Crippen LogP contribution in [0, 0.1) is 0 Å². The smallest absolute Gasteiger partial charge is 0.173 e. The number of nitrogen functional groups attached to an aromatic ring is 1. The van der Waals surface area contributed by atoms with Crippen molar-refractivity contribution in [3.8, 4) is 22.8 Å². The van der Waals surface area contributed by atoms with Gasteiger partial charge in [0.15, 0.2) is 23.1 Å². The number of benzene rings is 1. The third-order valence-electron chi connectivity index (χ3n) is 2.71. The van der Waals surface area contributed by atoms with Gasteiger partial charge in [-0.25, -0.2) is 0 Å². The standard InChI is InChI=1S/C13H16N2O4/c1-16-7-8-4-5-9(17-2)13(18-3)12(8)10-6-11(14)15-19-10/h4-6H,7H2,1-3H3,(H2,14,15). The fraction of sp³-hybridized carbons (Fsp3) is 0.308. The largest absolute Gasteiger partial charge is 0.493 e. The maximum atomic E-state index is 5.59. The molecule has 1 aromatic carbocycles. The van der Waals surface area contributed by atoms with Crippen LogP contribution in [-0.2, 0) is 11.3 Å². The number of anilines is 1. The Morgan fingerprint density at radius 3 is 2.53 bits per heavy atom. The van der Waals surface area contributed by atoms with E-state index in [-0.39, 0.29) is 0 Å². The lowest BCUT2D eigenvalue weighted by Crippen LogP contribution is -1.98. The van der Waals surface area contributed by atoms with Crippen LogP contribution in [-0.4, -0.2) is 26.5 Å². The first-order valence-corrected chi connectivity index (χ1v) is 5.66. The average Bonchev–Trinajstić information content (AvgIpc) is 2.84. The summed E-state index contributed by atoms with van der Waals surface area (Å²) in [5.74, 6) is 1.99. The molecule has 19 heavy (non-hydrogen) atoms. The van der Waals surface area contributed by atoms with Gasteiger partial charge in [-0.15, -0.1) is 0 Å². The van der Waals surface area contributed by atoms with Gasteiger partial charge in [-0.1, -0.05) is 11.2 Å². The Morgan fingerprint density at radius 1 is 1.21 bits per heavy atom. The summed E-state index contributed by atoms with van der Waals surface area (Å²) in [6, 6.07) is 5.34. The van der Waals surface area contributed by atoms with Gasteiger partial charge in [0.25, 0.3) is 0 Å². The molecule has 6 nitrogen and oxygen atoms in total. The summed E-state index contributed by atoms with van der Waals surface area (Å²) in [7, 11) is 4.76. The summed E-state index contributed by atoms with van der Waals surface area (Å²) in [5.41, 5.74) is 7.22. The maximum absolute atomic E-state index is 5.59. The lowest BCUT2D eigenvalue weighted by molar-refractivity contribution is 0.184. The van der Waals surface area contributed by atoms with Crippen molar-refractivity contribution in [2.24, 2.45) is 0 Å². The van der Waals surface area contributed by atoms with Gasteiger partial charge in [0.05, 0.1) is 26.4 Å². The highest BCUT2D eigenvalue weighted by Crippen LogP contribution is 2.41. The minimum atomic E-state index is 0.309. The SMILES string of the molecule is COCc1ccc(OC)c(OC)c1-c1cc(N)no1. The summed E-state index contributed by atoms with van der Waals surface area (Å²) in [6.45, 7) is 0.413. The van der Waals surface area contributed by atoms with Crippen molar-refractivity contribution in [1.82, 2.24) is 5.16 Å². The zero-order valence-electron chi connectivity index (χ0n) is 11.1. The predicted octanol–water partition coefficient (Wildman–Crippen LogP) is 2.09. The zero-order valence-corrected chi connectivity index (χ0v) is 11.1. The summed E-state index contributed by atoms with van der Waals surface area (Å²) in [6.07, 6.45) is 0. The summed E-state index contributed by atoms with van der Waals surface area (Å²) in [5, 5.41) is 3.69. The highest BCUT2D eigenvalue weighted by atomic mass is 16.5. The first-order valence-electron chi connectivity index (χ1n) is 5.66. The van der Waals surface area contributed by atoms with Gasteiger partial charge in [0, 0.05) is 13.2 Å². The predicted molar refractivity (Wildman–Crippen MR) is 70.2 cm³/mol. The molecule has 0 spiro atoms. The first-order chi connectivity index (χ1) is 9.21. The van der Waals surface area contributed by atoms with Crippen molar-refractivity contribution in [3.05, 3.63) is 23.8 Å². The maximum Gasteiger partial charge on any atom is 0.173 e. The molecule has 0 aliphatic heterocycles. The van der Waals surface area contributed by atoms with Crippen LogP contribution in [0.4, 0.5) is 5.82 Å². The lowest BCUT2D eigenvalue weighted by Gasteiger charge is -2.14. The molecule has 0 aliphatic carbocycles. The quantitative estimate of drug-likeness (QED) is 0.890. The molecule has 0 atom stereocenters. The topological polar surface area (TPSA) is 79.7 Å². The third-order valence-corrected chi connectivity index (χ3v) is 2.71. The second-order valence-electron chi connectivity index (χ2n) is 3.88. The molecule has 2 rings (SSSR count). The van der Waals surface area contributed by atoms with E-state index in [0.29, 0.717) is 29.7 Å². The highest BCUT2D eigenvalue weighted by Gasteiger charge is 2.20. The van der Waals surface area contributed by atoms with Crippen LogP contribution in [0.15, 0.2) is 22.7 Å². The molecule has 0 saturated heterocycles. The highest BCUT2D eigenvalue weighted by molar-refractivity contribution is 5.74. The van der Waals surface area contributed by atoms with Crippen LogP contribution in [0.25, 0.3) is 11.3 Å². The van der Waals surface area contributed by atoms with E-state index in [1.807, 2.05) is 12.1 Å². The van der Waals surface area contributed by atoms with Crippen molar-refractivity contribution in [3.63, 3.8) is 0 Å². The van der Waals surface area contributed by atoms with E-state index in [0.717, 1.165) is 11.1 Å². The van der Waals surface area contributed by atoms with Crippen LogP contribution < -0.4 is 15.2 Å². The second-order valence-corrected chi connectivity index (χ2v) is 3.88. The summed E-state index contributed by atoms with van der Waals surface area (Å²) < 4.78 is 21.1. The monoisotopic (exact) mass is 264 g/mol. The zero-order chi connectivity index (χ0) is 13.8. The van der Waals surface area contributed by atoms with E-state index in [1.165, 1.54) is 0 Å². The van der Waals surface area contributed by atoms with Crippen molar-refractivity contribution >= 4 is 5.82 Å². The Morgan fingerprint density at radius 2 is 2.00 bits per heavy atom. The Labute approximate surface area is 111 Å². The van der Waals surface area contributed by atoms with Crippen molar-refractivity contribution in [2.45, 2.75) is 6.61 Å². The number of nitrogens with zero attached hydrogens (tertiary/aromatic N) is 1. The van der Waals surface area contributed by atoms with Gasteiger partial charge in [-0.3, -0.25) is 0 Å². The van der Waals surface area contributed by atoms with E-state index < -0.39 is 0 Å². The molecule has 0 fully saturated rings. The van der Waals surface area contributed by atoms with E-state index >= 15 is 0 Å². The molecule has 0 bridgehead atoms. The average molecular weight is 264 g/mol. The van der Waals surface area contributed by atoms with Crippen LogP contribution in [0.5, 0.6) is 11.5 Å². The minimum Gasteiger partial charge on any atom is -0.493 e. The van der Waals surface area contributed by atoms with Gasteiger partial charge >= 0.3 is 0 Å². The number of ether oxygens (including phenoxy) is 3. The molecule has 102 valence electrons. The Bertz CT molecular complexity index is 566. The van der Waals surface area contributed by atoms with Crippen molar-refractivity contribution in [1.29, 1.82) is 0 Å². The molecule has 1 aromatic heterocycles. The molecule has 6 heteroatoms. The number of hydrogen-bond donors (Lipinski definition) is 1. The molecule has 1 heterocycles. The minimum absolute atomic E-state index is 0.309. The summed E-state index contributed by atoms with van der Waals surface area (Å²) in [4.78, 5) is 0. The van der Waals surface area contributed by atoms with Gasteiger partial charge in [-0.05, 0) is 11.6 Å². The molecular formula is C13H16N2O4. The molecular weight excluding hydrogens is 248 g/mol. The fourth-order valence-corrected chi connectivity index (χ4v) is 1.92. The number of rotatable bonds is 5. The molecule has 0 saturated carbocycles. The summed E-state index contributed by atoms with van der Waals surface area (Å²) >= 11 is 0. The fourth-order valence-electron chi connectivity index (χ4n) is 1.92. The normalized spacial score (nSPS) is 10.5. The molecule has 0 amide bonds. The second kappa shape index (κ2) is 5.62. The Balaban J connectivity index is 2.64. The van der Waals surface area contributed by atoms with Crippen molar-refractivity contribution in [2.75, 3.05) is 27.1 Å². The molecule has 2 aromatic rings.